The highest BCUT2D eigenvalue weighted by Crippen LogP contribution is 2.24. The van der Waals surface area contributed by atoms with Crippen LogP contribution in [0.1, 0.15) is 30.6 Å². The molecule has 23 heavy (non-hydrogen) atoms. The van der Waals surface area contributed by atoms with Crippen molar-refractivity contribution in [3.8, 4) is 0 Å². The number of rotatable bonds is 4. The Morgan fingerprint density at radius 3 is 2.39 bits per heavy atom. The molecule has 3 heterocycles. The summed E-state index contributed by atoms with van der Waals surface area (Å²) in [6.45, 7) is 3.97. The molecule has 0 aromatic carbocycles. The summed E-state index contributed by atoms with van der Waals surface area (Å²) in [5.41, 5.74) is 1.06. The fraction of sp³-hybridized carbons (Fsp3) is 0.438. The molecule has 7 heteroatoms. The number of nitrogens with one attached hydrogen (secondary N) is 1. The normalized spacial score (nSPS) is 16.1. The second-order valence-corrected chi connectivity index (χ2v) is 8.97. The van der Waals surface area contributed by atoms with Gasteiger partial charge in [-0.3, -0.25) is 4.72 Å². The van der Waals surface area contributed by atoms with Gasteiger partial charge in [-0.25, -0.2) is 13.4 Å². The van der Waals surface area contributed by atoms with E-state index in [1.807, 2.05) is 13.0 Å². The Morgan fingerprint density at radius 2 is 1.83 bits per heavy atom. The van der Waals surface area contributed by atoms with Gasteiger partial charge in [0.15, 0.2) is 0 Å². The standard InChI is InChI=1S/C16H21N3O2S2/c1-13-6-9-16(22-13)23(20,21)18-15-8-7-14(12-17-15)19-10-4-2-3-5-11-19/h6-9,12H,2-5,10-11H2,1H3,(H,17,18). The quantitative estimate of drug-likeness (QED) is 0.913. The van der Waals surface area contributed by atoms with Gasteiger partial charge in [-0.15, -0.1) is 11.3 Å². The molecule has 0 atom stereocenters. The molecular formula is C16H21N3O2S2. The van der Waals surface area contributed by atoms with E-state index in [1.165, 1.54) is 37.0 Å². The van der Waals surface area contributed by atoms with Crippen molar-refractivity contribution in [3.63, 3.8) is 0 Å². The van der Waals surface area contributed by atoms with Crippen LogP contribution in [0.3, 0.4) is 0 Å². The topological polar surface area (TPSA) is 62.3 Å². The van der Waals surface area contributed by atoms with Crippen molar-refractivity contribution in [1.29, 1.82) is 0 Å². The van der Waals surface area contributed by atoms with Crippen molar-refractivity contribution < 1.29 is 8.42 Å². The zero-order valence-electron chi connectivity index (χ0n) is 13.2. The van der Waals surface area contributed by atoms with Crippen molar-refractivity contribution in [1.82, 2.24) is 4.98 Å². The highest BCUT2D eigenvalue weighted by atomic mass is 32.2. The van der Waals surface area contributed by atoms with E-state index in [4.69, 9.17) is 0 Å². The lowest BCUT2D eigenvalue weighted by molar-refractivity contribution is 0.603. The molecule has 0 spiro atoms. The molecule has 1 N–H and O–H groups in total. The zero-order chi connectivity index (χ0) is 16.3. The number of nitrogens with zero attached hydrogens (tertiary/aromatic N) is 2. The summed E-state index contributed by atoms with van der Waals surface area (Å²) in [7, 11) is -3.54. The summed E-state index contributed by atoms with van der Waals surface area (Å²) in [4.78, 5) is 7.56. The van der Waals surface area contributed by atoms with Gasteiger partial charge < -0.3 is 4.90 Å². The third-order valence-electron chi connectivity index (χ3n) is 3.94. The average Bonchev–Trinajstić information content (AvgIpc) is 2.81. The van der Waals surface area contributed by atoms with Gasteiger partial charge in [0, 0.05) is 18.0 Å². The molecule has 1 aliphatic heterocycles. The van der Waals surface area contributed by atoms with Crippen LogP contribution in [0.15, 0.2) is 34.7 Å². The van der Waals surface area contributed by atoms with Crippen LogP contribution in [0.4, 0.5) is 11.5 Å². The van der Waals surface area contributed by atoms with Gasteiger partial charge in [-0.05, 0) is 44.0 Å². The largest absolute Gasteiger partial charge is 0.370 e. The second-order valence-electron chi connectivity index (χ2n) is 5.77. The van der Waals surface area contributed by atoms with Crippen molar-refractivity contribution in [2.24, 2.45) is 0 Å². The van der Waals surface area contributed by atoms with Crippen molar-refractivity contribution >= 4 is 32.9 Å². The minimum absolute atomic E-state index is 0.313. The van der Waals surface area contributed by atoms with E-state index in [0.29, 0.717) is 10.0 Å². The molecule has 0 bridgehead atoms. The van der Waals surface area contributed by atoms with Gasteiger partial charge in [0.05, 0.1) is 11.9 Å². The predicted octanol–water partition coefficient (Wildman–Crippen LogP) is 3.63. The van der Waals surface area contributed by atoms with Gasteiger partial charge in [-0.1, -0.05) is 12.8 Å². The van der Waals surface area contributed by atoms with E-state index in [1.54, 1.807) is 24.4 Å². The molecule has 0 radical (unpaired) electrons. The number of aryl methyl sites for hydroxylation is 1. The molecule has 124 valence electrons. The molecule has 0 saturated carbocycles. The molecular weight excluding hydrogens is 330 g/mol. The third kappa shape index (κ3) is 4.03. The molecule has 0 aliphatic carbocycles. The van der Waals surface area contributed by atoms with Crippen molar-refractivity contribution in [2.75, 3.05) is 22.7 Å². The van der Waals surface area contributed by atoms with E-state index < -0.39 is 10.0 Å². The highest BCUT2D eigenvalue weighted by molar-refractivity contribution is 7.94. The Bertz CT molecular complexity index is 746. The average molecular weight is 351 g/mol. The number of aromatic nitrogens is 1. The fourth-order valence-electron chi connectivity index (χ4n) is 2.71. The van der Waals surface area contributed by atoms with Crippen molar-refractivity contribution in [2.45, 2.75) is 36.8 Å². The van der Waals surface area contributed by atoms with E-state index in [9.17, 15) is 8.42 Å². The first-order valence-electron chi connectivity index (χ1n) is 7.85. The van der Waals surface area contributed by atoms with Crippen LogP contribution in [-0.4, -0.2) is 26.5 Å². The summed E-state index contributed by atoms with van der Waals surface area (Å²) >= 11 is 1.26. The van der Waals surface area contributed by atoms with E-state index in [2.05, 4.69) is 14.6 Å². The lowest BCUT2D eigenvalue weighted by Gasteiger charge is -2.22. The smallest absolute Gasteiger partial charge is 0.272 e. The molecule has 0 unspecified atom stereocenters. The Balaban J connectivity index is 1.72. The number of sulfonamides is 1. The van der Waals surface area contributed by atoms with Gasteiger partial charge >= 0.3 is 0 Å². The molecule has 1 aliphatic rings. The van der Waals surface area contributed by atoms with Gasteiger partial charge in [0.2, 0.25) is 0 Å². The molecule has 5 nitrogen and oxygen atoms in total. The van der Waals surface area contributed by atoms with E-state index >= 15 is 0 Å². The van der Waals surface area contributed by atoms with Crippen LogP contribution in [0, 0.1) is 6.92 Å². The summed E-state index contributed by atoms with van der Waals surface area (Å²) < 4.78 is 27.4. The van der Waals surface area contributed by atoms with Crippen LogP contribution in [0.25, 0.3) is 0 Å². The SMILES string of the molecule is Cc1ccc(S(=O)(=O)Nc2ccc(N3CCCCCC3)cn2)s1. The first kappa shape index (κ1) is 16.3. The minimum atomic E-state index is -3.54. The lowest BCUT2D eigenvalue weighted by Crippen LogP contribution is -2.24. The van der Waals surface area contributed by atoms with Gasteiger partial charge in [0.25, 0.3) is 10.0 Å². The number of pyridine rings is 1. The number of hydrogen-bond acceptors (Lipinski definition) is 5. The van der Waals surface area contributed by atoms with E-state index in [-0.39, 0.29) is 0 Å². The maximum atomic E-state index is 12.3. The van der Waals surface area contributed by atoms with Crippen LogP contribution in [0.5, 0.6) is 0 Å². The Kier molecular flexibility index (Phi) is 4.87. The maximum Gasteiger partial charge on any atom is 0.272 e. The first-order chi connectivity index (χ1) is 11.0. The van der Waals surface area contributed by atoms with Crippen LogP contribution in [0.2, 0.25) is 0 Å². The summed E-state index contributed by atoms with van der Waals surface area (Å²) in [5, 5.41) is 0. The molecule has 3 rings (SSSR count). The monoisotopic (exact) mass is 351 g/mol. The molecule has 1 saturated heterocycles. The van der Waals surface area contributed by atoms with Crippen LogP contribution >= 0.6 is 11.3 Å². The first-order valence-corrected chi connectivity index (χ1v) is 10.1. The van der Waals surface area contributed by atoms with E-state index in [0.717, 1.165) is 23.7 Å². The van der Waals surface area contributed by atoms with Crippen LogP contribution in [-0.2, 0) is 10.0 Å². The maximum absolute atomic E-state index is 12.3. The Morgan fingerprint density at radius 1 is 1.09 bits per heavy atom. The molecule has 2 aromatic heterocycles. The number of hydrogen-bond donors (Lipinski definition) is 1. The minimum Gasteiger partial charge on any atom is -0.370 e. The summed E-state index contributed by atoms with van der Waals surface area (Å²) in [6, 6.07) is 7.09. The summed E-state index contributed by atoms with van der Waals surface area (Å²) in [6.07, 6.45) is 6.71. The predicted molar refractivity (Wildman–Crippen MR) is 94.8 cm³/mol. The lowest BCUT2D eigenvalue weighted by atomic mass is 10.2. The Hall–Kier alpha value is -1.60. The van der Waals surface area contributed by atoms with Gasteiger partial charge in [0.1, 0.15) is 10.0 Å². The Labute approximate surface area is 141 Å². The zero-order valence-corrected chi connectivity index (χ0v) is 14.8. The summed E-state index contributed by atoms with van der Waals surface area (Å²) in [5.74, 6) is 0.356. The number of anilines is 2. The molecule has 2 aromatic rings. The third-order valence-corrected chi connectivity index (χ3v) is 6.79. The van der Waals surface area contributed by atoms with Crippen molar-refractivity contribution in [3.05, 3.63) is 35.3 Å². The van der Waals surface area contributed by atoms with Crippen LogP contribution < -0.4 is 9.62 Å². The molecule has 0 amide bonds. The fourth-order valence-corrected chi connectivity index (χ4v) is 5.00. The second kappa shape index (κ2) is 6.88. The molecule has 1 fully saturated rings. The highest BCUT2D eigenvalue weighted by Gasteiger charge is 2.17. The van der Waals surface area contributed by atoms with Gasteiger partial charge in [-0.2, -0.15) is 0 Å². The number of thiophene rings is 1.